The quantitative estimate of drug-likeness (QED) is 0.665. The average molecular weight is 329 g/mol. The van der Waals surface area contributed by atoms with Gasteiger partial charge >= 0.3 is 0 Å². The van der Waals surface area contributed by atoms with Gasteiger partial charge in [-0.2, -0.15) is 9.61 Å². The van der Waals surface area contributed by atoms with E-state index < -0.39 is 0 Å². The zero-order valence-electron chi connectivity index (χ0n) is 13.9. The van der Waals surface area contributed by atoms with Crippen molar-refractivity contribution in [1.82, 2.24) is 24.7 Å². The van der Waals surface area contributed by atoms with Gasteiger partial charge in [0.1, 0.15) is 5.01 Å². The smallest absolute Gasteiger partial charge is 0.234 e. The molecule has 0 unspecified atom stereocenters. The fraction of sp³-hybridized carbons (Fsp3) is 0.471. The first-order valence-electron chi connectivity index (χ1n) is 8.25. The van der Waals surface area contributed by atoms with Crippen LogP contribution in [0.4, 0.5) is 0 Å². The molecule has 0 N–H and O–H groups in total. The van der Waals surface area contributed by atoms with Crippen molar-refractivity contribution in [2.75, 3.05) is 13.1 Å². The second-order valence-electron chi connectivity index (χ2n) is 5.58. The monoisotopic (exact) mass is 329 g/mol. The largest absolute Gasteiger partial charge is 0.296 e. The van der Waals surface area contributed by atoms with Gasteiger partial charge in [-0.25, -0.2) is 0 Å². The Kier molecular flexibility index (Phi) is 5.03. The summed E-state index contributed by atoms with van der Waals surface area (Å²) in [6, 6.07) is 10.6. The third kappa shape index (κ3) is 3.28. The van der Waals surface area contributed by atoms with Crippen molar-refractivity contribution < 1.29 is 0 Å². The van der Waals surface area contributed by atoms with Gasteiger partial charge in [0.15, 0.2) is 5.82 Å². The van der Waals surface area contributed by atoms with Gasteiger partial charge in [0.05, 0.1) is 6.54 Å². The van der Waals surface area contributed by atoms with Gasteiger partial charge in [0.2, 0.25) is 4.96 Å². The number of fused-ring (bicyclic) bond motifs is 1. The van der Waals surface area contributed by atoms with Crippen LogP contribution >= 0.6 is 11.3 Å². The maximum absolute atomic E-state index is 4.83. The summed E-state index contributed by atoms with van der Waals surface area (Å²) in [7, 11) is 0. The van der Waals surface area contributed by atoms with E-state index in [1.807, 2.05) is 4.52 Å². The molecule has 0 aliphatic heterocycles. The molecule has 0 radical (unpaired) electrons. The first kappa shape index (κ1) is 16.1. The maximum Gasteiger partial charge on any atom is 0.234 e. The number of rotatable bonds is 7. The van der Waals surface area contributed by atoms with Crippen molar-refractivity contribution >= 4 is 16.3 Å². The molecule has 2 aromatic heterocycles. The van der Waals surface area contributed by atoms with Gasteiger partial charge in [-0.15, -0.1) is 10.2 Å². The van der Waals surface area contributed by atoms with Crippen LogP contribution in [0.5, 0.6) is 0 Å². The second kappa shape index (κ2) is 7.19. The van der Waals surface area contributed by atoms with E-state index in [2.05, 4.69) is 66.2 Å². The number of hydrogen-bond acceptors (Lipinski definition) is 5. The van der Waals surface area contributed by atoms with E-state index in [1.54, 1.807) is 11.3 Å². The summed E-state index contributed by atoms with van der Waals surface area (Å²) in [6.07, 6.45) is 1.03. The molecule has 3 aromatic rings. The predicted molar refractivity (Wildman–Crippen MR) is 93.9 cm³/mol. The van der Waals surface area contributed by atoms with Crippen LogP contribution in [0.2, 0.25) is 0 Å². The zero-order chi connectivity index (χ0) is 16.2. The van der Waals surface area contributed by atoms with Crippen molar-refractivity contribution in [3.63, 3.8) is 0 Å². The van der Waals surface area contributed by atoms with E-state index in [0.29, 0.717) is 5.92 Å². The van der Waals surface area contributed by atoms with E-state index >= 15 is 0 Å². The minimum absolute atomic E-state index is 0.323. The van der Waals surface area contributed by atoms with E-state index in [1.165, 1.54) is 5.56 Å². The highest BCUT2D eigenvalue weighted by Crippen LogP contribution is 2.31. The van der Waals surface area contributed by atoms with Crippen LogP contribution in [0.1, 0.15) is 49.5 Å². The summed E-state index contributed by atoms with van der Waals surface area (Å²) in [4.78, 5) is 3.21. The molecule has 6 heteroatoms. The molecule has 0 amide bonds. The molecule has 0 aliphatic carbocycles. The van der Waals surface area contributed by atoms with Crippen molar-refractivity contribution in [3.8, 4) is 0 Å². The molecule has 2 heterocycles. The first-order chi connectivity index (χ1) is 11.3. The Morgan fingerprint density at radius 2 is 1.83 bits per heavy atom. The highest BCUT2D eigenvalue weighted by atomic mass is 32.1. The number of nitrogens with zero attached hydrogens (tertiary/aromatic N) is 5. The van der Waals surface area contributed by atoms with Crippen LogP contribution in [0.15, 0.2) is 30.3 Å². The summed E-state index contributed by atoms with van der Waals surface area (Å²) in [6.45, 7) is 9.33. The molecule has 0 aliphatic rings. The first-order valence-corrected chi connectivity index (χ1v) is 9.06. The Labute approximate surface area is 141 Å². The van der Waals surface area contributed by atoms with Crippen molar-refractivity contribution in [2.45, 2.75) is 39.7 Å². The second-order valence-corrected chi connectivity index (χ2v) is 6.57. The summed E-state index contributed by atoms with van der Waals surface area (Å²) in [5, 5.41) is 14.6. The lowest BCUT2D eigenvalue weighted by Crippen LogP contribution is -2.23. The van der Waals surface area contributed by atoms with E-state index in [9.17, 15) is 0 Å². The van der Waals surface area contributed by atoms with Crippen LogP contribution in [-0.4, -0.2) is 37.8 Å². The van der Waals surface area contributed by atoms with Gasteiger partial charge < -0.3 is 0 Å². The Morgan fingerprint density at radius 1 is 1.09 bits per heavy atom. The Bertz CT molecular complexity index is 745. The zero-order valence-corrected chi connectivity index (χ0v) is 14.8. The molecule has 3 rings (SSSR count). The van der Waals surface area contributed by atoms with Crippen LogP contribution in [0, 0.1) is 0 Å². The topological polar surface area (TPSA) is 46.3 Å². The molecule has 5 nitrogen and oxygen atoms in total. The third-order valence-corrected chi connectivity index (χ3v) is 5.25. The highest BCUT2D eigenvalue weighted by Gasteiger charge is 2.20. The fourth-order valence-electron chi connectivity index (χ4n) is 2.80. The molecule has 0 spiro atoms. The van der Waals surface area contributed by atoms with Crippen LogP contribution in [0.25, 0.3) is 4.96 Å². The number of hydrogen-bond donors (Lipinski definition) is 0. The number of benzene rings is 1. The van der Waals surface area contributed by atoms with E-state index in [4.69, 9.17) is 5.10 Å². The standard InChI is InChI=1S/C17H23N5S/c1-4-14(13-10-8-7-9-11-13)16-20-22-15(12-21(5-2)6-3)18-19-17(22)23-16/h7-11,14H,4-6,12H2,1-3H3/t14-/m1/s1. The Balaban J connectivity index is 1.92. The van der Waals surface area contributed by atoms with Gasteiger partial charge in [0, 0.05) is 5.92 Å². The highest BCUT2D eigenvalue weighted by molar-refractivity contribution is 7.16. The molecule has 23 heavy (non-hydrogen) atoms. The van der Waals surface area contributed by atoms with E-state index in [-0.39, 0.29) is 0 Å². The summed E-state index contributed by atoms with van der Waals surface area (Å²) in [5.41, 5.74) is 1.31. The number of aromatic nitrogens is 4. The normalized spacial score (nSPS) is 13.0. The van der Waals surface area contributed by atoms with Crippen molar-refractivity contribution in [1.29, 1.82) is 0 Å². The van der Waals surface area contributed by atoms with Gasteiger partial charge in [-0.05, 0) is 25.1 Å². The molecule has 0 fully saturated rings. The van der Waals surface area contributed by atoms with Crippen LogP contribution in [-0.2, 0) is 6.54 Å². The van der Waals surface area contributed by atoms with Gasteiger partial charge in [-0.3, -0.25) is 4.90 Å². The molecule has 122 valence electrons. The molecule has 0 saturated heterocycles. The molecule has 1 atom stereocenters. The average Bonchev–Trinajstić information content (AvgIpc) is 3.16. The summed E-state index contributed by atoms with van der Waals surface area (Å²) < 4.78 is 1.92. The van der Waals surface area contributed by atoms with Crippen LogP contribution < -0.4 is 0 Å². The lowest BCUT2D eigenvalue weighted by molar-refractivity contribution is 0.286. The molecular weight excluding hydrogens is 306 g/mol. The Morgan fingerprint density at radius 3 is 2.48 bits per heavy atom. The molecule has 1 aromatic carbocycles. The summed E-state index contributed by atoms with van der Waals surface area (Å²) >= 11 is 1.65. The lowest BCUT2D eigenvalue weighted by Gasteiger charge is -2.15. The molecule has 0 bridgehead atoms. The summed E-state index contributed by atoms with van der Waals surface area (Å²) in [5.74, 6) is 1.25. The van der Waals surface area contributed by atoms with Gasteiger partial charge in [0.25, 0.3) is 0 Å². The van der Waals surface area contributed by atoms with E-state index in [0.717, 1.165) is 41.8 Å². The Hall–Kier alpha value is -1.79. The third-order valence-electron chi connectivity index (χ3n) is 4.24. The molecule has 0 saturated carbocycles. The van der Waals surface area contributed by atoms with Gasteiger partial charge in [-0.1, -0.05) is 62.4 Å². The van der Waals surface area contributed by atoms with Crippen molar-refractivity contribution in [2.24, 2.45) is 0 Å². The predicted octanol–water partition coefficient (Wildman–Crippen LogP) is 3.57. The van der Waals surface area contributed by atoms with Crippen molar-refractivity contribution in [3.05, 3.63) is 46.7 Å². The SMILES string of the molecule is CC[C@H](c1ccccc1)c1nn2c(CN(CC)CC)nnc2s1. The maximum atomic E-state index is 4.83. The molecular formula is C17H23N5S. The van der Waals surface area contributed by atoms with Crippen LogP contribution in [0.3, 0.4) is 0 Å². The lowest BCUT2D eigenvalue weighted by atomic mass is 9.97. The minimum atomic E-state index is 0.323. The fourth-order valence-corrected chi connectivity index (χ4v) is 3.87. The minimum Gasteiger partial charge on any atom is -0.296 e.